The quantitative estimate of drug-likeness (QED) is 0.0178. The lowest BCUT2D eigenvalue weighted by Crippen LogP contribution is -2.29. The van der Waals surface area contributed by atoms with Crippen molar-refractivity contribution < 1.29 is 42.7 Å². The van der Waals surface area contributed by atoms with Crippen molar-refractivity contribution in [3.63, 3.8) is 0 Å². The minimum absolute atomic E-state index is 0.0255. The standard InChI is InChI=1S/C47H84NO9P/c1-3-5-7-9-11-13-15-17-18-19-20-21-22-24-26-28-30-32-34-38-47(51)57-45(43-56-58(52,53)55-41-40-48)42-54-46(50)39-35-37-44(49)36-33-31-29-27-25-23-16-14-12-10-8-6-4-2/h11,13,17-18,23,25,29,31,33,36,44-45,49H,3-10,12,14-16,19-22,24,26-28,30,32,34-35,37-43,48H2,1-2H3,(H,52,53)/b13-11-,18-17-,25-23+,31-29+,36-33+/t44?,45-/m1/s1. The van der Waals surface area contributed by atoms with Crippen molar-refractivity contribution in [3.8, 4) is 0 Å². The van der Waals surface area contributed by atoms with E-state index in [1.165, 1.54) is 96.3 Å². The number of hydrogen-bond acceptors (Lipinski definition) is 9. The molecule has 2 unspecified atom stereocenters. The third kappa shape index (κ3) is 41.8. The number of ether oxygens (including phenoxy) is 2. The van der Waals surface area contributed by atoms with Crippen LogP contribution in [0.5, 0.6) is 0 Å². The molecule has 0 rings (SSSR count). The van der Waals surface area contributed by atoms with Crippen LogP contribution in [-0.2, 0) is 32.7 Å². The van der Waals surface area contributed by atoms with E-state index in [0.29, 0.717) is 19.3 Å². The van der Waals surface area contributed by atoms with E-state index in [-0.39, 0.29) is 32.6 Å². The molecule has 0 aliphatic heterocycles. The fraction of sp³-hybridized carbons (Fsp3) is 0.745. The highest BCUT2D eigenvalue weighted by atomic mass is 31.2. The van der Waals surface area contributed by atoms with Crippen LogP contribution in [0.15, 0.2) is 60.8 Å². The van der Waals surface area contributed by atoms with Gasteiger partial charge in [-0.15, -0.1) is 0 Å². The molecule has 336 valence electrons. The van der Waals surface area contributed by atoms with Gasteiger partial charge in [0.25, 0.3) is 0 Å². The molecule has 4 N–H and O–H groups in total. The van der Waals surface area contributed by atoms with Crippen molar-refractivity contribution in [1.29, 1.82) is 0 Å². The molecule has 10 nitrogen and oxygen atoms in total. The van der Waals surface area contributed by atoms with Crippen LogP contribution in [0, 0.1) is 0 Å². The van der Waals surface area contributed by atoms with E-state index in [1.807, 2.05) is 12.2 Å². The van der Waals surface area contributed by atoms with Gasteiger partial charge in [-0.05, 0) is 70.6 Å². The van der Waals surface area contributed by atoms with Crippen molar-refractivity contribution in [2.24, 2.45) is 5.73 Å². The largest absolute Gasteiger partial charge is 0.472 e. The third-order valence-electron chi connectivity index (χ3n) is 9.48. The van der Waals surface area contributed by atoms with Crippen LogP contribution in [0.4, 0.5) is 0 Å². The average Bonchev–Trinajstić information content (AvgIpc) is 3.20. The van der Waals surface area contributed by atoms with Gasteiger partial charge in [0.2, 0.25) is 0 Å². The van der Waals surface area contributed by atoms with Crippen molar-refractivity contribution in [2.75, 3.05) is 26.4 Å². The molecular weight excluding hydrogens is 753 g/mol. The molecule has 3 atom stereocenters. The summed E-state index contributed by atoms with van der Waals surface area (Å²) in [6.07, 6.45) is 47.1. The van der Waals surface area contributed by atoms with Gasteiger partial charge >= 0.3 is 19.8 Å². The first-order chi connectivity index (χ1) is 28.2. The van der Waals surface area contributed by atoms with Gasteiger partial charge in [-0.1, -0.05) is 164 Å². The number of nitrogens with two attached hydrogens (primary N) is 1. The minimum atomic E-state index is -4.43. The first kappa shape index (κ1) is 55.7. The summed E-state index contributed by atoms with van der Waals surface area (Å²) in [6.45, 7) is 3.48. The molecule has 11 heteroatoms. The van der Waals surface area contributed by atoms with E-state index in [9.17, 15) is 24.2 Å². The lowest BCUT2D eigenvalue weighted by Gasteiger charge is -2.20. The highest BCUT2D eigenvalue weighted by Gasteiger charge is 2.26. The Bertz CT molecular complexity index is 1150. The van der Waals surface area contributed by atoms with Crippen LogP contribution in [0.1, 0.15) is 187 Å². The second-order valence-corrected chi connectivity index (χ2v) is 16.6. The number of hydrogen-bond donors (Lipinski definition) is 3. The van der Waals surface area contributed by atoms with Gasteiger partial charge in [-0.3, -0.25) is 18.6 Å². The number of aliphatic hydroxyl groups excluding tert-OH is 1. The second-order valence-electron chi connectivity index (χ2n) is 15.1. The molecule has 58 heavy (non-hydrogen) atoms. The molecule has 0 aromatic heterocycles. The van der Waals surface area contributed by atoms with Crippen LogP contribution in [0.2, 0.25) is 0 Å². The normalized spacial score (nSPS) is 14.4. The molecule has 0 aromatic carbocycles. The summed E-state index contributed by atoms with van der Waals surface area (Å²) >= 11 is 0. The Morgan fingerprint density at radius 2 is 1.10 bits per heavy atom. The Kier molecular flexibility index (Phi) is 41.1. The molecule has 0 saturated heterocycles. The SMILES string of the molecule is CCCCC/C=C\C/C=C\CCCCCCCCCCCC(=O)O[C@H](COC(=O)CCCC(O)/C=C/C=C/C/C=C/CCCCCCCC)COP(=O)(O)OCCN. The molecule has 0 amide bonds. The Hall–Kier alpha value is -2.33. The number of rotatable bonds is 42. The molecule has 0 bridgehead atoms. The van der Waals surface area contributed by atoms with Crippen LogP contribution < -0.4 is 5.73 Å². The van der Waals surface area contributed by atoms with E-state index < -0.39 is 38.6 Å². The minimum Gasteiger partial charge on any atom is -0.462 e. The Balaban J connectivity index is 4.30. The van der Waals surface area contributed by atoms with Crippen LogP contribution in [0.25, 0.3) is 0 Å². The number of carbonyl (C=O) groups excluding carboxylic acids is 2. The number of carbonyl (C=O) groups is 2. The third-order valence-corrected chi connectivity index (χ3v) is 10.5. The van der Waals surface area contributed by atoms with Crippen molar-refractivity contribution in [1.82, 2.24) is 0 Å². The van der Waals surface area contributed by atoms with Gasteiger partial charge < -0.3 is 25.2 Å². The summed E-state index contributed by atoms with van der Waals surface area (Å²) < 4.78 is 32.7. The summed E-state index contributed by atoms with van der Waals surface area (Å²) in [5, 5.41) is 10.3. The van der Waals surface area contributed by atoms with Gasteiger partial charge in [0.1, 0.15) is 6.61 Å². The first-order valence-corrected chi connectivity index (χ1v) is 24.4. The monoisotopic (exact) mass is 838 g/mol. The Morgan fingerprint density at radius 3 is 1.69 bits per heavy atom. The van der Waals surface area contributed by atoms with E-state index in [1.54, 1.807) is 12.2 Å². The number of phosphoric ester groups is 1. The van der Waals surface area contributed by atoms with Crippen LogP contribution in [-0.4, -0.2) is 60.5 Å². The summed E-state index contributed by atoms with van der Waals surface area (Å²) in [6, 6.07) is 0. The molecule has 0 heterocycles. The van der Waals surface area contributed by atoms with Gasteiger partial charge in [0.05, 0.1) is 19.3 Å². The Labute approximate surface area is 353 Å². The molecular formula is C47H84NO9P. The fourth-order valence-corrected chi connectivity index (χ4v) is 6.79. The number of esters is 2. The number of phosphoric acid groups is 1. The molecule has 0 spiro atoms. The Morgan fingerprint density at radius 1 is 0.603 bits per heavy atom. The zero-order valence-corrected chi connectivity index (χ0v) is 37.5. The maximum atomic E-state index is 12.6. The van der Waals surface area contributed by atoms with Crippen molar-refractivity contribution >= 4 is 19.8 Å². The predicted octanol–water partition coefficient (Wildman–Crippen LogP) is 12.2. The van der Waals surface area contributed by atoms with E-state index in [2.05, 4.69) is 50.3 Å². The average molecular weight is 838 g/mol. The maximum absolute atomic E-state index is 12.6. The van der Waals surface area contributed by atoms with E-state index in [0.717, 1.165) is 44.9 Å². The molecule has 0 radical (unpaired) electrons. The summed E-state index contributed by atoms with van der Waals surface area (Å²) in [4.78, 5) is 34.9. The molecule has 0 aliphatic rings. The lowest BCUT2D eigenvalue weighted by molar-refractivity contribution is -0.161. The summed E-state index contributed by atoms with van der Waals surface area (Å²) in [5.41, 5.74) is 5.34. The van der Waals surface area contributed by atoms with Gasteiger partial charge in [0, 0.05) is 19.4 Å². The highest BCUT2D eigenvalue weighted by molar-refractivity contribution is 7.47. The number of aliphatic hydroxyl groups is 1. The number of unbranched alkanes of at least 4 members (excludes halogenated alkanes) is 18. The smallest absolute Gasteiger partial charge is 0.462 e. The lowest BCUT2D eigenvalue weighted by atomic mass is 10.1. The van der Waals surface area contributed by atoms with Crippen molar-refractivity contribution in [3.05, 3.63) is 60.8 Å². The van der Waals surface area contributed by atoms with Crippen LogP contribution in [0.3, 0.4) is 0 Å². The molecule has 0 aromatic rings. The zero-order valence-electron chi connectivity index (χ0n) is 36.6. The van der Waals surface area contributed by atoms with E-state index in [4.69, 9.17) is 24.3 Å². The van der Waals surface area contributed by atoms with Gasteiger partial charge in [-0.2, -0.15) is 0 Å². The summed E-state index contributed by atoms with van der Waals surface area (Å²) in [7, 11) is -4.43. The highest BCUT2D eigenvalue weighted by Crippen LogP contribution is 2.43. The molecule has 0 saturated carbocycles. The van der Waals surface area contributed by atoms with Gasteiger partial charge in [-0.25, -0.2) is 4.57 Å². The van der Waals surface area contributed by atoms with Gasteiger partial charge in [0.15, 0.2) is 6.10 Å². The molecule has 0 fully saturated rings. The second kappa shape index (κ2) is 42.8. The molecule has 0 aliphatic carbocycles. The first-order valence-electron chi connectivity index (χ1n) is 22.9. The maximum Gasteiger partial charge on any atom is 0.472 e. The topological polar surface area (TPSA) is 155 Å². The van der Waals surface area contributed by atoms with E-state index >= 15 is 0 Å². The number of allylic oxidation sites excluding steroid dienone is 9. The van der Waals surface area contributed by atoms with Crippen LogP contribution >= 0.6 is 7.82 Å². The zero-order chi connectivity index (χ0) is 42.6. The predicted molar refractivity (Wildman–Crippen MR) is 239 cm³/mol. The summed E-state index contributed by atoms with van der Waals surface area (Å²) in [5.74, 6) is -1.03. The van der Waals surface area contributed by atoms with Crippen molar-refractivity contribution in [2.45, 2.75) is 199 Å². The fourth-order valence-electron chi connectivity index (χ4n) is 6.03.